The van der Waals surface area contributed by atoms with Crippen molar-refractivity contribution in [2.24, 2.45) is 0 Å². The summed E-state index contributed by atoms with van der Waals surface area (Å²) in [4.78, 5) is 15.4. The zero-order valence-electron chi connectivity index (χ0n) is 10.1. The smallest absolute Gasteiger partial charge is 0.331 e. The number of halogens is 1. The Hall–Kier alpha value is -2.13. The number of rotatable bonds is 4. The molecule has 0 bridgehead atoms. The van der Waals surface area contributed by atoms with E-state index in [4.69, 9.17) is 16.3 Å². The molecule has 3 nitrogen and oxygen atoms in total. The van der Waals surface area contributed by atoms with Gasteiger partial charge in [0.2, 0.25) is 0 Å². The Morgan fingerprint density at radius 3 is 2.68 bits per heavy atom. The summed E-state index contributed by atoms with van der Waals surface area (Å²) < 4.78 is 5.08. The summed E-state index contributed by atoms with van der Waals surface area (Å²) >= 11 is 5.66. The van der Waals surface area contributed by atoms with Crippen molar-refractivity contribution in [3.8, 4) is 0 Å². The molecule has 2 rings (SSSR count). The van der Waals surface area contributed by atoms with Gasteiger partial charge in [0.15, 0.2) is 0 Å². The van der Waals surface area contributed by atoms with Gasteiger partial charge in [-0.05, 0) is 17.7 Å². The van der Waals surface area contributed by atoms with Gasteiger partial charge in [-0.2, -0.15) is 0 Å². The molecule has 0 saturated heterocycles. The molecule has 4 heteroatoms. The lowest BCUT2D eigenvalue weighted by Crippen LogP contribution is -2.00. The monoisotopic (exact) mass is 273 g/mol. The molecule has 0 aliphatic rings. The van der Waals surface area contributed by atoms with E-state index in [-0.39, 0.29) is 12.6 Å². The number of benzene rings is 1. The normalized spacial score (nSPS) is 10.6. The standard InChI is InChI=1S/C15H12ClNO2/c16-14-8-6-13(10-17-14)11-19-15(18)9-7-12-4-2-1-3-5-12/h1-10H,11H2/b9-7+. The number of carbonyl (C=O) groups is 1. The lowest BCUT2D eigenvalue weighted by atomic mass is 10.2. The molecule has 0 saturated carbocycles. The Morgan fingerprint density at radius 1 is 1.21 bits per heavy atom. The number of aromatic nitrogens is 1. The van der Waals surface area contributed by atoms with Crippen molar-refractivity contribution in [2.45, 2.75) is 6.61 Å². The molecule has 0 unspecified atom stereocenters. The average Bonchev–Trinajstić information content (AvgIpc) is 2.45. The number of pyridine rings is 1. The number of carbonyl (C=O) groups excluding carboxylic acids is 1. The third kappa shape index (κ3) is 4.56. The van der Waals surface area contributed by atoms with Gasteiger partial charge in [-0.1, -0.05) is 48.0 Å². The summed E-state index contributed by atoms with van der Waals surface area (Å²) in [6, 6.07) is 13.0. The van der Waals surface area contributed by atoms with Crippen molar-refractivity contribution >= 4 is 23.6 Å². The third-order valence-electron chi connectivity index (χ3n) is 2.38. The van der Waals surface area contributed by atoms with E-state index < -0.39 is 0 Å². The van der Waals surface area contributed by atoms with Gasteiger partial charge in [0.25, 0.3) is 0 Å². The molecular formula is C15H12ClNO2. The highest BCUT2D eigenvalue weighted by molar-refractivity contribution is 6.29. The molecule has 0 radical (unpaired) electrons. The summed E-state index contributed by atoms with van der Waals surface area (Å²) in [5.41, 5.74) is 1.75. The zero-order chi connectivity index (χ0) is 13.5. The largest absolute Gasteiger partial charge is 0.458 e. The van der Waals surface area contributed by atoms with E-state index in [2.05, 4.69) is 4.98 Å². The van der Waals surface area contributed by atoms with E-state index in [1.165, 1.54) is 6.08 Å². The second kappa shape index (κ2) is 6.71. The SMILES string of the molecule is O=C(/C=C/c1ccccc1)OCc1ccc(Cl)nc1. The Bertz CT molecular complexity index is 564. The van der Waals surface area contributed by atoms with Gasteiger partial charge in [-0.15, -0.1) is 0 Å². The van der Waals surface area contributed by atoms with Crippen LogP contribution in [0.15, 0.2) is 54.7 Å². The first-order chi connectivity index (χ1) is 9.24. The van der Waals surface area contributed by atoms with Crippen LogP contribution < -0.4 is 0 Å². The van der Waals surface area contributed by atoms with Crippen LogP contribution in [-0.2, 0) is 16.1 Å². The van der Waals surface area contributed by atoms with Crippen LogP contribution in [0.3, 0.4) is 0 Å². The predicted octanol–water partition coefficient (Wildman–Crippen LogP) is 3.49. The molecule has 1 aromatic carbocycles. The van der Waals surface area contributed by atoms with Gasteiger partial charge in [-0.3, -0.25) is 0 Å². The minimum Gasteiger partial charge on any atom is -0.458 e. The van der Waals surface area contributed by atoms with Crippen LogP contribution in [0, 0.1) is 0 Å². The van der Waals surface area contributed by atoms with E-state index in [9.17, 15) is 4.79 Å². The van der Waals surface area contributed by atoms with Gasteiger partial charge in [0, 0.05) is 17.8 Å². The first kappa shape index (κ1) is 13.3. The number of esters is 1. The molecule has 0 spiro atoms. The summed E-state index contributed by atoms with van der Waals surface area (Å²) in [5.74, 6) is -0.390. The van der Waals surface area contributed by atoms with Crippen molar-refractivity contribution < 1.29 is 9.53 Å². The van der Waals surface area contributed by atoms with Crippen molar-refractivity contribution in [3.05, 3.63) is 71.0 Å². The lowest BCUT2D eigenvalue weighted by molar-refractivity contribution is -0.138. The third-order valence-corrected chi connectivity index (χ3v) is 2.60. The van der Waals surface area contributed by atoms with Gasteiger partial charge >= 0.3 is 5.97 Å². The molecule has 1 aromatic heterocycles. The molecule has 0 atom stereocenters. The highest BCUT2D eigenvalue weighted by Crippen LogP contribution is 2.07. The maximum absolute atomic E-state index is 11.5. The Labute approximate surface area is 116 Å². The fourth-order valence-corrected chi connectivity index (χ4v) is 1.53. The molecule has 19 heavy (non-hydrogen) atoms. The van der Waals surface area contributed by atoms with Gasteiger partial charge in [-0.25, -0.2) is 9.78 Å². The summed E-state index contributed by atoms with van der Waals surface area (Å²) in [7, 11) is 0. The number of ether oxygens (including phenoxy) is 1. The molecule has 0 aliphatic carbocycles. The van der Waals surface area contributed by atoms with E-state index in [1.54, 1.807) is 24.4 Å². The van der Waals surface area contributed by atoms with Crippen LogP contribution in [0.1, 0.15) is 11.1 Å². The van der Waals surface area contributed by atoms with E-state index in [0.29, 0.717) is 5.15 Å². The van der Waals surface area contributed by atoms with Gasteiger partial charge in [0.05, 0.1) is 0 Å². The van der Waals surface area contributed by atoms with Crippen molar-refractivity contribution in [1.82, 2.24) is 4.98 Å². The second-order valence-electron chi connectivity index (χ2n) is 3.84. The first-order valence-electron chi connectivity index (χ1n) is 5.74. The Kier molecular flexibility index (Phi) is 4.70. The first-order valence-corrected chi connectivity index (χ1v) is 6.12. The molecular weight excluding hydrogens is 262 g/mol. The predicted molar refractivity (Wildman–Crippen MR) is 74.5 cm³/mol. The van der Waals surface area contributed by atoms with E-state index in [1.807, 2.05) is 30.3 Å². The quantitative estimate of drug-likeness (QED) is 0.486. The fourth-order valence-electron chi connectivity index (χ4n) is 1.42. The summed E-state index contributed by atoms with van der Waals surface area (Å²) in [6.07, 6.45) is 4.69. The summed E-state index contributed by atoms with van der Waals surface area (Å²) in [5, 5.41) is 0.416. The molecule has 2 aromatic rings. The van der Waals surface area contributed by atoms with Crippen molar-refractivity contribution in [1.29, 1.82) is 0 Å². The van der Waals surface area contributed by atoms with E-state index in [0.717, 1.165) is 11.1 Å². The molecule has 1 heterocycles. The van der Waals surface area contributed by atoms with Gasteiger partial charge < -0.3 is 4.74 Å². The summed E-state index contributed by atoms with van der Waals surface area (Å²) in [6.45, 7) is 0.183. The molecule has 0 aliphatic heterocycles. The Morgan fingerprint density at radius 2 is 2.00 bits per heavy atom. The topological polar surface area (TPSA) is 39.2 Å². The lowest BCUT2D eigenvalue weighted by Gasteiger charge is -2.01. The maximum atomic E-state index is 11.5. The van der Waals surface area contributed by atoms with Crippen LogP contribution in [0.5, 0.6) is 0 Å². The van der Waals surface area contributed by atoms with E-state index >= 15 is 0 Å². The van der Waals surface area contributed by atoms with Crippen LogP contribution >= 0.6 is 11.6 Å². The Balaban J connectivity index is 1.85. The zero-order valence-corrected chi connectivity index (χ0v) is 10.9. The van der Waals surface area contributed by atoms with Crippen LogP contribution in [-0.4, -0.2) is 11.0 Å². The highest BCUT2D eigenvalue weighted by atomic mass is 35.5. The van der Waals surface area contributed by atoms with Crippen LogP contribution in [0.25, 0.3) is 6.08 Å². The molecule has 0 amide bonds. The average molecular weight is 274 g/mol. The van der Waals surface area contributed by atoms with Crippen molar-refractivity contribution in [3.63, 3.8) is 0 Å². The van der Waals surface area contributed by atoms with Gasteiger partial charge in [0.1, 0.15) is 11.8 Å². The second-order valence-corrected chi connectivity index (χ2v) is 4.23. The minimum atomic E-state index is -0.390. The number of hydrogen-bond donors (Lipinski definition) is 0. The van der Waals surface area contributed by atoms with Crippen LogP contribution in [0.2, 0.25) is 5.15 Å². The van der Waals surface area contributed by atoms with Crippen LogP contribution in [0.4, 0.5) is 0 Å². The molecule has 0 N–H and O–H groups in total. The number of hydrogen-bond acceptors (Lipinski definition) is 3. The molecule has 0 fully saturated rings. The number of nitrogens with zero attached hydrogens (tertiary/aromatic N) is 1. The molecule has 96 valence electrons. The highest BCUT2D eigenvalue weighted by Gasteiger charge is 1.99. The fraction of sp³-hybridized carbons (Fsp3) is 0.0667. The maximum Gasteiger partial charge on any atom is 0.331 e. The van der Waals surface area contributed by atoms with Crippen molar-refractivity contribution in [2.75, 3.05) is 0 Å². The minimum absolute atomic E-state index is 0.183.